The first kappa shape index (κ1) is 14.2. The van der Waals surface area contributed by atoms with Crippen molar-refractivity contribution >= 4 is 39.7 Å². The minimum Gasteiger partial charge on any atom is -0.497 e. The highest BCUT2D eigenvalue weighted by Crippen LogP contribution is 2.30. The molecule has 3 rings (SSSR count). The number of nitriles is 1. The number of hydrogen-bond donors (Lipinski definition) is 1. The van der Waals surface area contributed by atoms with Gasteiger partial charge in [-0.2, -0.15) is 5.26 Å². The van der Waals surface area contributed by atoms with Crippen LogP contribution in [0.2, 0.25) is 0 Å². The molecule has 0 radical (unpaired) electrons. The number of fused-ring (bicyclic) bond motifs is 1. The summed E-state index contributed by atoms with van der Waals surface area (Å²) in [5.41, 5.74) is 0.927. The zero-order valence-electron chi connectivity index (χ0n) is 11.7. The summed E-state index contributed by atoms with van der Waals surface area (Å²) in [7, 11) is 1.63. The Kier molecular flexibility index (Phi) is 3.81. The minimum absolute atomic E-state index is 0.246. The molecule has 1 N–H and O–H groups in total. The van der Waals surface area contributed by atoms with Gasteiger partial charge in [0.1, 0.15) is 5.75 Å². The van der Waals surface area contributed by atoms with Crippen molar-refractivity contribution in [3.05, 3.63) is 46.9 Å². The average molecular weight is 309 g/mol. The van der Waals surface area contributed by atoms with E-state index in [4.69, 9.17) is 10.00 Å². The molecule has 6 heteroatoms. The Labute approximate surface area is 131 Å². The van der Waals surface area contributed by atoms with Crippen LogP contribution in [0.5, 0.6) is 5.75 Å². The van der Waals surface area contributed by atoms with Gasteiger partial charge in [0.25, 0.3) is 5.91 Å². The highest BCUT2D eigenvalue weighted by Gasteiger charge is 2.23. The summed E-state index contributed by atoms with van der Waals surface area (Å²) in [6, 6.07) is 11.6. The van der Waals surface area contributed by atoms with Gasteiger partial charge in [-0.25, -0.2) is 0 Å². The molecule has 1 aliphatic heterocycles. The number of benzene rings is 2. The van der Waals surface area contributed by atoms with E-state index in [0.29, 0.717) is 10.1 Å². The Balaban J connectivity index is 2.04. The predicted molar refractivity (Wildman–Crippen MR) is 87.3 cm³/mol. The normalized spacial score (nSPS) is 17.7. The lowest BCUT2D eigenvalue weighted by Crippen LogP contribution is -2.19. The molecule has 108 valence electrons. The average Bonchev–Trinajstić information content (AvgIpc) is 2.87. The van der Waals surface area contributed by atoms with Crippen LogP contribution >= 0.6 is 11.8 Å². The van der Waals surface area contributed by atoms with E-state index < -0.39 is 0 Å². The maximum atomic E-state index is 11.9. The molecule has 1 saturated heterocycles. The molecule has 0 spiro atoms. The smallest absolute Gasteiger partial charge is 0.264 e. The molecule has 1 heterocycles. The summed E-state index contributed by atoms with van der Waals surface area (Å²) in [6.45, 7) is 0. The van der Waals surface area contributed by atoms with Crippen LogP contribution in [0.4, 0.5) is 0 Å². The molecule has 22 heavy (non-hydrogen) atoms. The van der Waals surface area contributed by atoms with E-state index in [2.05, 4.69) is 10.3 Å². The number of hydrogen-bond acceptors (Lipinski definition) is 5. The number of carbonyl (C=O) groups excluding carboxylic acids is 1. The number of amides is 1. The molecule has 0 unspecified atom stereocenters. The van der Waals surface area contributed by atoms with Crippen molar-refractivity contribution in [1.29, 1.82) is 5.26 Å². The number of nitrogens with one attached hydrogen (secondary N) is 1. The molecule has 2 aromatic carbocycles. The number of carbonyl (C=O) groups is 1. The zero-order valence-corrected chi connectivity index (χ0v) is 12.5. The van der Waals surface area contributed by atoms with Gasteiger partial charge < -0.3 is 4.74 Å². The monoisotopic (exact) mass is 309 g/mol. The molecule has 0 atom stereocenters. The largest absolute Gasteiger partial charge is 0.497 e. The van der Waals surface area contributed by atoms with Gasteiger partial charge >= 0.3 is 0 Å². The Morgan fingerprint density at radius 2 is 2.23 bits per heavy atom. The first-order valence-corrected chi connectivity index (χ1v) is 7.27. The lowest BCUT2D eigenvalue weighted by Gasteiger charge is -2.05. The molecule has 2 aromatic rings. The number of methoxy groups -OCH3 is 1. The van der Waals surface area contributed by atoms with E-state index in [1.54, 1.807) is 19.4 Å². The van der Waals surface area contributed by atoms with E-state index in [1.165, 1.54) is 0 Å². The van der Waals surface area contributed by atoms with Gasteiger partial charge in [-0.3, -0.25) is 10.1 Å². The van der Waals surface area contributed by atoms with E-state index >= 15 is 0 Å². The van der Waals surface area contributed by atoms with Crippen molar-refractivity contribution in [3.8, 4) is 11.9 Å². The number of rotatable bonds is 2. The number of aliphatic imine (C=N–C) groups is 1. The summed E-state index contributed by atoms with van der Waals surface area (Å²) < 4.78 is 5.22. The van der Waals surface area contributed by atoms with Crippen molar-refractivity contribution in [2.24, 2.45) is 4.99 Å². The Bertz CT molecular complexity index is 865. The molecule has 0 aromatic heterocycles. The highest BCUT2D eigenvalue weighted by atomic mass is 32.2. The van der Waals surface area contributed by atoms with E-state index in [0.717, 1.165) is 33.8 Å². The molecule has 0 aliphatic carbocycles. The van der Waals surface area contributed by atoms with Crippen molar-refractivity contribution in [2.75, 3.05) is 7.11 Å². The second-order valence-electron chi connectivity index (χ2n) is 4.52. The van der Waals surface area contributed by atoms with Crippen LogP contribution in [0.15, 0.2) is 46.3 Å². The lowest BCUT2D eigenvalue weighted by atomic mass is 10.0. The molecule has 1 fully saturated rings. The quantitative estimate of drug-likeness (QED) is 0.684. The molecule has 0 saturated carbocycles. The van der Waals surface area contributed by atoms with Gasteiger partial charge in [-0.1, -0.05) is 24.3 Å². The highest BCUT2D eigenvalue weighted by molar-refractivity contribution is 8.18. The zero-order chi connectivity index (χ0) is 15.5. The minimum atomic E-state index is -0.246. The fourth-order valence-electron chi connectivity index (χ4n) is 2.21. The maximum Gasteiger partial charge on any atom is 0.264 e. The molecular formula is C16H11N3O2S. The van der Waals surface area contributed by atoms with Crippen LogP contribution in [-0.4, -0.2) is 18.2 Å². The molecular weight excluding hydrogens is 298 g/mol. The summed E-state index contributed by atoms with van der Waals surface area (Å²) >= 11 is 1.16. The van der Waals surface area contributed by atoms with Crippen LogP contribution in [-0.2, 0) is 4.79 Å². The molecule has 0 bridgehead atoms. The topological polar surface area (TPSA) is 74.5 Å². The van der Waals surface area contributed by atoms with E-state index in [-0.39, 0.29) is 5.91 Å². The fourth-order valence-corrected chi connectivity index (χ4v) is 2.97. The number of thioether (sulfide) groups is 1. The van der Waals surface area contributed by atoms with Crippen LogP contribution < -0.4 is 10.1 Å². The maximum absolute atomic E-state index is 11.9. The summed E-state index contributed by atoms with van der Waals surface area (Å²) in [6.07, 6.45) is 3.47. The molecule has 1 aliphatic rings. The van der Waals surface area contributed by atoms with E-state index in [1.807, 2.05) is 36.4 Å². The Morgan fingerprint density at radius 1 is 1.36 bits per heavy atom. The van der Waals surface area contributed by atoms with Gasteiger partial charge in [0.05, 0.1) is 12.0 Å². The Morgan fingerprint density at radius 3 is 3.00 bits per heavy atom. The van der Waals surface area contributed by atoms with Gasteiger partial charge in [-0.15, -0.1) is 4.99 Å². The lowest BCUT2D eigenvalue weighted by molar-refractivity contribution is -0.115. The van der Waals surface area contributed by atoms with Crippen LogP contribution in [0, 0.1) is 11.5 Å². The third-order valence-corrected chi connectivity index (χ3v) is 4.12. The third-order valence-electron chi connectivity index (χ3n) is 3.21. The van der Waals surface area contributed by atoms with Gasteiger partial charge in [0, 0.05) is 0 Å². The summed E-state index contributed by atoms with van der Waals surface area (Å²) in [4.78, 5) is 15.9. The first-order valence-electron chi connectivity index (χ1n) is 6.45. The molecule has 5 nitrogen and oxygen atoms in total. The predicted octanol–water partition coefficient (Wildman–Crippen LogP) is 2.89. The second-order valence-corrected chi connectivity index (χ2v) is 5.55. The second kappa shape index (κ2) is 5.92. The van der Waals surface area contributed by atoms with E-state index in [9.17, 15) is 4.79 Å². The standard InChI is InChI=1S/C16H11N3O2S/c1-21-12-5-6-13-10(7-12)3-2-4-11(13)8-14-15(20)19-16(22-14)18-9-17/h2-8H,1H3,(H,18,19,20)/b14-8-. The fraction of sp³-hybridized carbons (Fsp3) is 0.0625. The summed E-state index contributed by atoms with van der Waals surface area (Å²) in [5, 5.41) is 13.5. The van der Waals surface area contributed by atoms with Crippen molar-refractivity contribution in [3.63, 3.8) is 0 Å². The number of ether oxygens (including phenoxy) is 1. The SMILES string of the molecule is COc1ccc2c(/C=C3\SC(=NC#N)NC3=O)cccc2c1. The Hall–Kier alpha value is -2.78. The molecule has 1 amide bonds. The number of amidine groups is 1. The van der Waals surface area contributed by atoms with Gasteiger partial charge in [0.15, 0.2) is 5.17 Å². The first-order chi connectivity index (χ1) is 10.7. The van der Waals surface area contributed by atoms with Gasteiger partial charge in [-0.05, 0) is 46.3 Å². The van der Waals surface area contributed by atoms with Crippen molar-refractivity contribution < 1.29 is 9.53 Å². The van der Waals surface area contributed by atoms with Crippen molar-refractivity contribution in [1.82, 2.24) is 5.32 Å². The number of nitrogens with zero attached hydrogens (tertiary/aromatic N) is 2. The van der Waals surface area contributed by atoms with Crippen LogP contribution in [0.3, 0.4) is 0 Å². The third kappa shape index (κ3) is 2.67. The van der Waals surface area contributed by atoms with Crippen LogP contribution in [0.1, 0.15) is 5.56 Å². The van der Waals surface area contributed by atoms with Crippen LogP contribution in [0.25, 0.3) is 16.8 Å². The summed E-state index contributed by atoms with van der Waals surface area (Å²) in [5.74, 6) is 0.540. The van der Waals surface area contributed by atoms with Crippen molar-refractivity contribution in [2.45, 2.75) is 0 Å². The van der Waals surface area contributed by atoms with Gasteiger partial charge in [0.2, 0.25) is 6.19 Å².